The molecule has 142 valence electrons. The van der Waals surface area contributed by atoms with E-state index >= 15 is 0 Å². The van der Waals surface area contributed by atoms with Crippen molar-refractivity contribution in [1.29, 1.82) is 0 Å². The number of nitrogens with zero attached hydrogens (tertiary/aromatic N) is 1. The van der Waals surface area contributed by atoms with Crippen molar-refractivity contribution in [3.05, 3.63) is 33.8 Å². The number of rotatable bonds is 4. The second kappa shape index (κ2) is 8.46. The highest BCUT2D eigenvalue weighted by Gasteiger charge is 2.38. The van der Waals surface area contributed by atoms with Crippen LogP contribution in [0.2, 0.25) is 10.0 Å². The minimum Gasteiger partial charge on any atom is -0.465 e. The molecule has 2 amide bonds. The predicted octanol–water partition coefficient (Wildman–Crippen LogP) is 3.23. The van der Waals surface area contributed by atoms with Crippen LogP contribution in [0.3, 0.4) is 0 Å². The Morgan fingerprint density at radius 1 is 1.19 bits per heavy atom. The first-order chi connectivity index (χ1) is 12.5. The van der Waals surface area contributed by atoms with Gasteiger partial charge in [0.2, 0.25) is 5.91 Å². The maximum Gasteiger partial charge on any atom is 0.404 e. The molecule has 2 aliphatic rings. The number of carbonyl (C=O) groups excluding carboxylic acids is 1. The van der Waals surface area contributed by atoms with Crippen LogP contribution in [-0.4, -0.2) is 54.9 Å². The third kappa shape index (κ3) is 4.42. The fourth-order valence-electron chi connectivity index (χ4n) is 3.80. The van der Waals surface area contributed by atoms with Crippen LogP contribution < -0.4 is 5.32 Å². The van der Waals surface area contributed by atoms with Crippen LogP contribution >= 0.6 is 23.2 Å². The molecule has 1 aromatic carbocycles. The lowest BCUT2D eigenvalue weighted by Gasteiger charge is -2.26. The largest absolute Gasteiger partial charge is 0.465 e. The SMILES string of the molecule is O=C(O)NC[C@@H]1CN(C(=O)C2CCOCC2)C[C@@H]1c1ccc(Cl)c(Cl)c1. The van der Waals surface area contributed by atoms with E-state index in [0.29, 0.717) is 36.3 Å². The molecule has 8 heteroatoms. The third-order valence-corrected chi connectivity index (χ3v) is 5.95. The van der Waals surface area contributed by atoms with E-state index in [1.54, 1.807) is 6.07 Å². The van der Waals surface area contributed by atoms with Crippen molar-refractivity contribution in [3.63, 3.8) is 0 Å². The summed E-state index contributed by atoms with van der Waals surface area (Å²) in [4.78, 5) is 25.6. The van der Waals surface area contributed by atoms with Gasteiger partial charge >= 0.3 is 6.09 Å². The van der Waals surface area contributed by atoms with Crippen molar-refractivity contribution in [2.24, 2.45) is 11.8 Å². The molecule has 0 spiro atoms. The fourth-order valence-corrected chi connectivity index (χ4v) is 4.11. The smallest absolute Gasteiger partial charge is 0.404 e. The van der Waals surface area contributed by atoms with Crippen LogP contribution in [0, 0.1) is 11.8 Å². The quantitative estimate of drug-likeness (QED) is 0.812. The molecule has 26 heavy (non-hydrogen) atoms. The van der Waals surface area contributed by atoms with Gasteiger partial charge in [0.25, 0.3) is 0 Å². The molecular weight excluding hydrogens is 379 g/mol. The molecule has 2 saturated heterocycles. The summed E-state index contributed by atoms with van der Waals surface area (Å²) in [6, 6.07) is 5.45. The molecule has 1 aromatic rings. The number of hydrogen-bond acceptors (Lipinski definition) is 3. The number of carboxylic acid groups (broad SMARTS) is 1. The standard InChI is InChI=1S/C18H22Cl2N2O4/c19-15-2-1-12(7-16(15)20)14-10-22(9-13(14)8-21-18(24)25)17(23)11-3-5-26-6-4-11/h1-2,7,11,13-14,21H,3-6,8-10H2,(H,24,25)/t13-,14-/m1/s1. The van der Waals surface area contributed by atoms with Gasteiger partial charge in [-0.3, -0.25) is 4.79 Å². The Morgan fingerprint density at radius 3 is 2.58 bits per heavy atom. The molecule has 3 rings (SSSR count). The highest BCUT2D eigenvalue weighted by Crippen LogP contribution is 2.36. The molecule has 2 fully saturated rings. The van der Waals surface area contributed by atoms with Crippen molar-refractivity contribution in [2.45, 2.75) is 18.8 Å². The van der Waals surface area contributed by atoms with Crippen molar-refractivity contribution in [1.82, 2.24) is 10.2 Å². The number of carbonyl (C=O) groups is 2. The monoisotopic (exact) mass is 400 g/mol. The summed E-state index contributed by atoms with van der Waals surface area (Å²) in [6.45, 7) is 2.61. The van der Waals surface area contributed by atoms with Gasteiger partial charge in [0, 0.05) is 50.6 Å². The Balaban J connectivity index is 1.76. The van der Waals surface area contributed by atoms with Gasteiger partial charge in [0.1, 0.15) is 0 Å². The van der Waals surface area contributed by atoms with E-state index in [4.69, 9.17) is 33.0 Å². The van der Waals surface area contributed by atoms with Gasteiger partial charge in [-0.1, -0.05) is 29.3 Å². The number of amides is 2. The number of nitrogens with one attached hydrogen (secondary N) is 1. The molecule has 0 radical (unpaired) electrons. The van der Waals surface area contributed by atoms with Crippen LogP contribution in [0.15, 0.2) is 18.2 Å². The van der Waals surface area contributed by atoms with E-state index in [1.807, 2.05) is 17.0 Å². The average molecular weight is 401 g/mol. The molecule has 0 aromatic heterocycles. The summed E-state index contributed by atoms with van der Waals surface area (Å²) in [5.74, 6) is 0.133. The Morgan fingerprint density at radius 2 is 1.92 bits per heavy atom. The molecular formula is C18H22Cl2N2O4. The zero-order chi connectivity index (χ0) is 18.7. The van der Waals surface area contributed by atoms with E-state index in [-0.39, 0.29) is 30.2 Å². The fraction of sp³-hybridized carbons (Fsp3) is 0.556. The van der Waals surface area contributed by atoms with Gasteiger partial charge in [-0.2, -0.15) is 0 Å². The van der Waals surface area contributed by atoms with Crippen LogP contribution in [-0.2, 0) is 9.53 Å². The maximum atomic E-state index is 12.9. The van der Waals surface area contributed by atoms with Crippen molar-refractivity contribution < 1.29 is 19.4 Å². The van der Waals surface area contributed by atoms with Crippen LogP contribution in [0.5, 0.6) is 0 Å². The van der Waals surface area contributed by atoms with Crippen molar-refractivity contribution in [2.75, 3.05) is 32.8 Å². The lowest BCUT2D eigenvalue weighted by molar-refractivity contribution is -0.137. The summed E-state index contributed by atoms with van der Waals surface area (Å²) in [5, 5.41) is 12.3. The van der Waals surface area contributed by atoms with Crippen molar-refractivity contribution in [3.8, 4) is 0 Å². The second-order valence-corrected chi connectivity index (χ2v) is 7.67. The van der Waals surface area contributed by atoms with E-state index in [1.165, 1.54) is 0 Å². The lowest BCUT2D eigenvalue weighted by atomic mass is 9.89. The molecule has 0 aliphatic carbocycles. The first-order valence-electron chi connectivity index (χ1n) is 8.74. The molecule has 2 atom stereocenters. The number of ether oxygens (including phenoxy) is 1. The van der Waals surface area contributed by atoms with Gasteiger partial charge in [0.05, 0.1) is 10.0 Å². The number of hydrogen-bond donors (Lipinski definition) is 2. The van der Waals surface area contributed by atoms with E-state index in [2.05, 4.69) is 5.32 Å². The van der Waals surface area contributed by atoms with E-state index in [9.17, 15) is 9.59 Å². The molecule has 2 N–H and O–H groups in total. The van der Waals surface area contributed by atoms with Crippen molar-refractivity contribution >= 4 is 35.2 Å². The number of benzene rings is 1. The molecule has 6 nitrogen and oxygen atoms in total. The topological polar surface area (TPSA) is 78.9 Å². The number of halogens is 2. The second-order valence-electron chi connectivity index (χ2n) is 6.86. The number of likely N-dealkylation sites (tertiary alicyclic amines) is 1. The summed E-state index contributed by atoms with van der Waals surface area (Å²) >= 11 is 12.2. The normalized spacial score (nSPS) is 23.8. The van der Waals surface area contributed by atoms with Gasteiger partial charge in [-0.15, -0.1) is 0 Å². The summed E-state index contributed by atoms with van der Waals surface area (Å²) in [7, 11) is 0. The summed E-state index contributed by atoms with van der Waals surface area (Å²) < 4.78 is 5.34. The van der Waals surface area contributed by atoms with Crippen LogP contribution in [0.1, 0.15) is 24.3 Å². The highest BCUT2D eigenvalue weighted by molar-refractivity contribution is 6.42. The zero-order valence-corrected chi connectivity index (χ0v) is 15.8. The van der Waals surface area contributed by atoms with E-state index in [0.717, 1.165) is 18.4 Å². The lowest BCUT2D eigenvalue weighted by Crippen LogP contribution is -2.38. The molecule has 0 bridgehead atoms. The Bertz CT molecular complexity index is 679. The minimum atomic E-state index is -1.06. The van der Waals surface area contributed by atoms with Gasteiger partial charge in [-0.05, 0) is 30.5 Å². The molecule has 2 heterocycles. The first kappa shape index (κ1) is 19.3. The predicted molar refractivity (Wildman–Crippen MR) is 98.8 cm³/mol. The van der Waals surface area contributed by atoms with Crippen LogP contribution in [0.4, 0.5) is 4.79 Å². The Kier molecular flexibility index (Phi) is 6.27. The maximum absolute atomic E-state index is 12.9. The Hall–Kier alpha value is -1.50. The van der Waals surface area contributed by atoms with Gasteiger partial charge in [0.15, 0.2) is 0 Å². The first-order valence-corrected chi connectivity index (χ1v) is 9.49. The molecule has 0 unspecified atom stereocenters. The average Bonchev–Trinajstić information content (AvgIpc) is 3.06. The van der Waals surface area contributed by atoms with Gasteiger partial charge < -0.3 is 20.1 Å². The molecule has 0 saturated carbocycles. The van der Waals surface area contributed by atoms with Crippen LogP contribution in [0.25, 0.3) is 0 Å². The Labute approximate surface area is 162 Å². The zero-order valence-electron chi connectivity index (χ0n) is 14.3. The third-order valence-electron chi connectivity index (χ3n) is 5.21. The summed E-state index contributed by atoms with van der Waals surface area (Å²) in [6.07, 6.45) is 0.419. The minimum absolute atomic E-state index is 0.00728. The molecule has 2 aliphatic heterocycles. The highest BCUT2D eigenvalue weighted by atomic mass is 35.5. The summed E-state index contributed by atoms with van der Waals surface area (Å²) in [5.41, 5.74) is 0.971. The van der Waals surface area contributed by atoms with E-state index < -0.39 is 6.09 Å². The van der Waals surface area contributed by atoms with Gasteiger partial charge in [-0.25, -0.2) is 4.79 Å².